The summed E-state index contributed by atoms with van der Waals surface area (Å²) in [5, 5.41) is 8.79. The molecule has 6 heteroatoms. The van der Waals surface area contributed by atoms with Crippen molar-refractivity contribution in [1.29, 1.82) is 0 Å². The van der Waals surface area contributed by atoms with Crippen molar-refractivity contribution < 1.29 is 14.3 Å². The van der Waals surface area contributed by atoms with E-state index in [-0.39, 0.29) is 23.0 Å². The molecule has 5 nitrogen and oxygen atoms in total. The molecule has 0 amide bonds. The number of anilines is 1. The Morgan fingerprint density at radius 3 is 2.72 bits per heavy atom. The van der Waals surface area contributed by atoms with Gasteiger partial charge in [0.05, 0.1) is 0 Å². The first-order chi connectivity index (χ1) is 8.49. The molecule has 18 heavy (non-hydrogen) atoms. The van der Waals surface area contributed by atoms with Crippen LogP contribution in [0.2, 0.25) is 0 Å². The molecule has 0 aliphatic rings. The summed E-state index contributed by atoms with van der Waals surface area (Å²) in [5.74, 6) is -1.53. The molecule has 92 valence electrons. The SMILES string of the molecule is Cc1ccc(-c2ncc(C(=O)O)c(N)n2)cc1F. The van der Waals surface area contributed by atoms with Crippen LogP contribution >= 0.6 is 0 Å². The van der Waals surface area contributed by atoms with Gasteiger partial charge in [0, 0.05) is 11.8 Å². The minimum atomic E-state index is -1.20. The molecular weight excluding hydrogens is 237 g/mol. The van der Waals surface area contributed by atoms with Crippen LogP contribution in [-0.4, -0.2) is 21.0 Å². The molecule has 0 fully saturated rings. The van der Waals surface area contributed by atoms with Crippen LogP contribution < -0.4 is 5.73 Å². The van der Waals surface area contributed by atoms with E-state index in [1.165, 1.54) is 6.07 Å². The number of aromatic carboxylic acids is 1. The topological polar surface area (TPSA) is 89.1 Å². The normalized spacial score (nSPS) is 10.3. The number of hydrogen-bond donors (Lipinski definition) is 2. The zero-order chi connectivity index (χ0) is 13.3. The highest BCUT2D eigenvalue weighted by Crippen LogP contribution is 2.20. The Hall–Kier alpha value is -2.50. The lowest BCUT2D eigenvalue weighted by atomic mass is 10.1. The van der Waals surface area contributed by atoms with Crippen molar-refractivity contribution in [2.24, 2.45) is 0 Å². The summed E-state index contributed by atoms with van der Waals surface area (Å²) in [7, 11) is 0. The summed E-state index contributed by atoms with van der Waals surface area (Å²) in [5.41, 5.74) is 6.28. The van der Waals surface area contributed by atoms with Gasteiger partial charge in [0.1, 0.15) is 17.2 Å². The van der Waals surface area contributed by atoms with Gasteiger partial charge in [-0.2, -0.15) is 0 Å². The van der Waals surface area contributed by atoms with Crippen molar-refractivity contribution in [3.05, 3.63) is 41.3 Å². The van der Waals surface area contributed by atoms with Crippen molar-refractivity contribution in [3.8, 4) is 11.4 Å². The Labute approximate surface area is 102 Å². The molecule has 0 atom stereocenters. The summed E-state index contributed by atoms with van der Waals surface area (Å²) < 4.78 is 13.4. The van der Waals surface area contributed by atoms with Gasteiger partial charge in [0.2, 0.25) is 0 Å². The van der Waals surface area contributed by atoms with E-state index in [1.54, 1.807) is 19.1 Å². The highest BCUT2D eigenvalue weighted by atomic mass is 19.1. The number of nitrogens with two attached hydrogens (primary N) is 1. The molecule has 0 radical (unpaired) electrons. The molecule has 0 bridgehead atoms. The molecule has 0 saturated carbocycles. The van der Waals surface area contributed by atoms with Crippen LogP contribution in [0.5, 0.6) is 0 Å². The highest BCUT2D eigenvalue weighted by Gasteiger charge is 2.12. The van der Waals surface area contributed by atoms with Gasteiger partial charge in [0.25, 0.3) is 0 Å². The van der Waals surface area contributed by atoms with Gasteiger partial charge in [-0.25, -0.2) is 19.2 Å². The maximum atomic E-state index is 13.4. The second-order valence-electron chi connectivity index (χ2n) is 3.76. The zero-order valence-electron chi connectivity index (χ0n) is 9.51. The Bertz CT molecular complexity index is 629. The second kappa shape index (κ2) is 4.40. The lowest BCUT2D eigenvalue weighted by Crippen LogP contribution is -2.06. The summed E-state index contributed by atoms with van der Waals surface area (Å²) in [6.45, 7) is 1.64. The minimum Gasteiger partial charge on any atom is -0.477 e. The van der Waals surface area contributed by atoms with Gasteiger partial charge in [0.15, 0.2) is 5.82 Å². The molecule has 1 heterocycles. The van der Waals surface area contributed by atoms with Crippen LogP contribution in [0.4, 0.5) is 10.2 Å². The molecule has 0 aliphatic heterocycles. The number of carbonyl (C=O) groups is 1. The van der Waals surface area contributed by atoms with Gasteiger partial charge in [-0.1, -0.05) is 12.1 Å². The van der Waals surface area contributed by atoms with Crippen molar-refractivity contribution in [2.75, 3.05) is 5.73 Å². The number of nitrogens with zero attached hydrogens (tertiary/aromatic N) is 2. The smallest absolute Gasteiger partial charge is 0.341 e. The average Bonchev–Trinajstić information content (AvgIpc) is 2.32. The Balaban J connectivity index is 2.48. The van der Waals surface area contributed by atoms with E-state index in [2.05, 4.69) is 9.97 Å². The summed E-state index contributed by atoms with van der Waals surface area (Å²) in [6, 6.07) is 4.52. The van der Waals surface area contributed by atoms with Gasteiger partial charge < -0.3 is 10.8 Å². The molecule has 0 unspecified atom stereocenters. The highest BCUT2D eigenvalue weighted by molar-refractivity contribution is 5.92. The van der Waals surface area contributed by atoms with Crippen molar-refractivity contribution in [2.45, 2.75) is 6.92 Å². The van der Waals surface area contributed by atoms with Crippen LogP contribution in [0, 0.1) is 12.7 Å². The van der Waals surface area contributed by atoms with Crippen LogP contribution in [0.3, 0.4) is 0 Å². The second-order valence-corrected chi connectivity index (χ2v) is 3.76. The number of nitrogen functional groups attached to an aromatic ring is 1. The van der Waals surface area contributed by atoms with E-state index in [4.69, 9.17) is 10.8 Å². The van der Waals surface area contributed by atoms with Crippen molar-refractivity contribution in [3.63, 3.8) is 0 Å². The van der Waals surface area contributed by atoms with Gasteiger partial charge >= 0.3 is 5.97 Å². The summed E-state index contributed by atoms with van der Waals surface area (Å²) >= 11 is 0. The monoisotopic (exact) mass is 247 g/mol. The number of aryl methyl sites for hydroxylation is 1. The molecule has 0 saturated heterocycles. The first kappa shape index (κ1) is 12.0. The number of benzene rings is 1. The van der Waals surface area contributed by atoms with E-state index in [9.17, 15) is 9.18 Å². The minimum absolute atomic E-state index is 0.145. The Morgan fingerprint density at radius 2 is 2.17 bits per heavy atom. The predicted octanol–water partition coefficient (Wildman–Crippen LogP) is 1.87. The molecule has 2 aromatic rings. The van der Waals surface area contributed by atoms with E-state index in [1.807, 2.05) is 0 Å². The van der Waals surface area contributed by atoms with E-state index < -0.39 is 5.97 Å². The van der Waals surface area contributed by atoms with E-state index >= 15 is 0 Å². The third kappa shape index (κ3) is 2.13. The lowest BCUT2D eigenvalue weighted by Gasteiger charge is -2.04. The van der Waals surface area contributed by atoms with E-state index in [0.717, 1.165) is 6.20 Å². The fraction of sp³-hybridized carbons (Fsp3) is 0.0833. The molecule has 0 aliphatic carbocycles. The number of hydrogen-bond acceptors (Lipinski definition) is 4. The van der Waals surface area contributed by atoms with Crippen molar-refractivity contribution in [1.82, 2.24) is 9.97 Å². The zero-order valence-corrected chi connectivity index (χ0v) is 9.51. The van der Waals surface area contributed by atoms with Gasteiger partial charge in [-0.3, -0.25) is 0 Å². The molecule has 2 rings (SSSR count). The largest absolute Gasteiger partial charge is 0.477 e. The molecule has 0 spiro atoms. The van der Waals surface area contributed by atoms with E-state index in [0.29, 0.717) is 11.1 Å². The quantitative estimate of drug-likeness (QED) is 0.845. The number of aromatic nitrogens is 2. The molecule has 3 N–H and O–H groups in total. The first-order valence-electron chi connectivity index (χ1n) is 5.11. The number of carboxylic acid groups (broad SMARTS) is 1. The number of halogens is 1. The van der Waals surface area contributed by atoms with Crippen LogP contribution in [0.15, 0.2) is 24.4 Å². The maximum absolute atomic E-state index is 13.4. The Morgan fingerprint density at radius 1 is 1.44 bits per heavy atom. The predicted molar refractivity (Wildman–Crippen MR) is 63.5 cm³/mol. The van der Waals surface area contributed by atoms with Crippen LogP contribution in [0.1, 0.15) is 15.9 Å². The lowest BCUT2D eigenvalue weighted by molar-refractivity contribution is 0.0697. The molecule has 1 aromatic heterocycles. The first-order valence-corrected chi connectivity index (χ1v) is 5.11. The van der Waals surface area contributed by atoms with Crippen LogP contribution in [0.25, 0.3) is 11.4 Å². The van der Waals surface area contributed by atoms with Gasteiger partial charge in [-0.15, -0.1) is 0 Å². The standard InChI is InChI=1S/C12H10FN3O2/c1-6-2-3-7(4-9(6)13)11-15-5-8(12(17)18)10(14)16-11/h2-5H,1H3,(H,17,18)(H2,14,15,16). The molecule has 1 aromatic carbocycles. The average molecular weight is 247 g/mol. The summed E-state index contributed by atoms with van der Waals surface area (Å²) in [6.07, 6.45) is 1.11. The maximum Gasteiger partial charge on any atom is 0.341 e. The van der Waals surface area contributed by atoms with Gasteiger partial charge in [-0.05, 0) is 18.6 Å². The fourth-order valence-corrected chi connectivity index (χ4v) is 1.43. The molecular formula is C12H10FN3O2. The van der Waals surface area contributed by atoms with Crippen molar-refractivity contribution >= 4 is 11.8 Å². The number of carboxylic acids is 1. The summed E-state index contributed by atoms with van der Waals surface area (Å²) in [4.78, 5) is 18.5. The fourth-order valence-electron chi connectivity index (χ4n) is 1.43. The third-order valence-electron chi connectivity index (χ3n) is 2.48. The number of rotatable bonds is 2. The third-order valence-corrected chi connectivity index (χ3v) is 2.48. The Kier molecular flexibility index (Phi) is 2.93. The van der Waals surface area contributed by atoms with Crippen LogP contribution in [-0.2, 0) is 0 Å².